The van der Waals surface area contributed by atoms with E-state index < -0.39 is 5.97 Å². The quantitative estimate of drug-likeness (QED) is 0.759. The third-order valence-electron chi connectivity index (χ3n) is 2.51. The zero-order valence-electron chi connectivity index (χ0n) is 9.80. The zero-order valence-corrected chi connectivity index (χ0v) is 9.80. The molecule has 5 heteroatoms. The first kappa shape index (κ1) is 12.3. The Kier molecular flexibility index (Phi) is 4.09. The molecule has 2 N–H and O–H groups in total. The lowest BCUT2D eigenvalue weighted by Crippen LogP contribution is -2.17. The van der Waals surface area contributed by atoms with Crippen LogP contribution in [0.4, 0.5) is 0 Å². The Labute approximate surface area is 104 Å². The van der Waals surface area contributed by atoms with Crippen LogP contribution in [-0.2, 0) is 13.0 Å². The number of carboxylic acid groups (broad SMARTS) is 1. The fourth-order valence-corrected chi connectivity index (χ4v) is 1.54. The van der Waals surface area contributed by atoms with Crippen LogP contribution in [0.1, 0.15) is 21.8 Å². The number of hydrogen-bond acceptors (Lipinski definition) is 4. The van der Waals surface area contributed by atoms with E-state index in [0.29, 0.717) is 6.54 Å². The molecule has 94 valence electrons. The molecule has 0 aliphatic heterocycles. The van der Waals surface area contributed by atoms with Crippen molar-refractivity contribution >= 4 is 5.97 Å². The number of carbonyl (C=O) groups is 1. The van der Waals surface area contributed by atoms with Crippen molar-refractivity contribution in [3.05, 3.63) is 53.7 Å². The fourth-order valence-electron chi connectivity index (χ4n) is 1.54. The number of rotatable bonds is 6. The number of nitrogens with zero attached hydrogens (tertiary/aromatic N) is 1. The highest BCUT2D eigenvalue weighted by Gasteiger charge is 2.02. The molecule has 18 heavy (non-hydrogen) atoms. The number of carboxylic acids is 1. The van der Waals surface area contributed by atoms with Crippen LogP contribution in [0, 0.1) is 0 Å². The molecule has 0 bridgehead atoms. The standard InChI is InChI=1S/C13H14N2O3/c16-13(17)10-3-4-11(15-8-10)9-14-6-5-12-2-1-7-18-12/h1-4,7-8,14H,5-6,9H2,(H,16,17). The second kappa shape index (κ2) is 5.97. The normalized spacial score (nSPS) is 10.4. The summed E-state index contributed by atoms with van der Waals surface area (Å²) < 4.78 is 5.21. The van der Waals surface area contributed by atoms with Crippen LogP contribution in [0.15, 0.2) is 41.1 Å². The average Bonchev–Trinajstić information content (AvgIpc) is 2.88. The first-order chi connectivity index (χ1) is 8.75. The maximum absolute atomic E-state index is 10.6. The molecule has 2 heterocycles. The third kappa shape index (κ3) is 3.43. The predicted octanol–water partition coefficient (Wildman–Crippen LogP) is 1.71. The summed E-state index contributed by atoms with van der Waals surface area (Å²) in [4.78, 5) is 14.7. The largest absolute Gasteiger partial charge is 0.478 e. The van der Waals surface area contributed by atoms with Crippen molar-refractivity contribution in [2.45, 2.75) is 13.0 Å². The van der Waals surface area contributed by atoms with Crippen molar-refractivity contribution < 1.29 is 14.3 Å². The molecule has 0 aliphatic rings. The Morgan fingerprint density at radius 2 is 2.28 bits per heavy atom. The van der Waals surface area contributed by atoms with Gasteiger partial charge in [-0.15, -0.1) is 0 Å². The van der Waals surface area contributed by atoms with Gasteiger partial charge < -0.3 is 14.8 Å². The smallest absolute Gasteiger partial charge is 0.337 e. The molecule has 0 aromatic carbocycles. The number of furan rings is 1. The van der Waals surface area contributed by atoms with Crippen LogP contribution in [0.3, 0.4) is 0 Å². The van der Waals surface area contributed by atoms with Gasteiger partial charge in [0.1, 0.15) is 5.76 Å². The Hall–Kier alpha value is -2.14. The lowest BCUT2D eigenvalue weighted by Gasteiger charge is -2.03. The molecular formula is C13H14N2O3. The Balaban J connectivity index is 1.75. The van der Waals surface area contributed by atoms with Crippen molar-refractivity contribution in [1.82, 2.24) is 10.3 Å². The van der Waals surface area contributed by atoms with Gasteiger partial charge in [0.2, 0.25) is 0 Å². The van der Waals surface area contributed by atoms with Crippen molar-refractivity contribution in [2.75, 3.05) is 6.54 Å². The van der Waals surface area contributed by atoms with E-state index in [2.05, 4.69) is 10.3 Å². The van der Waals surface area contributed by atoms with Crippen molar-refractivity contribution in [3.8, 4) is 0 Å². The summed E-state index contributed by atoms with van der Waals surface area (Å²) in [5, 5.41) is 11.9. The maximum Gasteiger partial charge on any atom is 0.337 e. The molecule has 0 aliphatic carbocycles. The summed E-state index contributed by atoms with van der Waals surface area (Å²) >= 11 is 0. The summed E-state index contributed by atoms with van der Waals surface area (Å²) in [5.74, 6) is -0.0171. The number of hydrogen-bond donors (Lipinski definition) is 2. The highest BCUT2D eigenvalue weighted by Crippen LogP contribution is 2.01. The monoisotopic (exact) mass is 246 g/mol. The highest BCUT2D eigenvalue weighted by atomic mass is 16.4. The minimum absolute atomic E-state index is 0.203. The SMILES string of the molecule is O=C(O)c1ccc(CNCCc2ccco2)nc1. The first-order valence-corrected chi connectivity index (χ1v) is 5.67. The number of pyridine rings is 1. The predicted molar refractivity (Wildman–Crippen MR) is 65.3 cm³/mol. The van der Waals surface area contributed by atoms with E-state index in [9.17, 15) is 4.79 Å². The summed E-state index contributed by atoms with van der Waals surface area (Å²) in [5.41, 5.74) is 1.02. The van der Waals surface area contributed by atoms with Crippen molar-refractivity contribution in [3.63, 3.8) is 0 Å². The molecule has 0 saturated heterocycles. The Bertz CT molecular complexity index is 491. The number of aromatic carboxylic acids is 1. The summed E-state index contributed by atoms with van der Waals surface area (Å²) in [6.45, 7) is 1.40. The molecule has 0 unspecified atom stereocenters. The van der Waals surface area contributed by atoms with Gasteiger partial charge in [0.25, 0.3) is 0 Å². The molecule has 0 saturated carbocycles. The Morgan fingerprint density at radius 3 is 2.89 bits per heavy atom. The van der Waals surface area contributed by atoms with Gasteiger partial charge in [0.15, 0.2) is 0 Å². The number of nitrogens with one attached hydrogen (secondary N) is 1. The first-order valence-electron chi connectivity index (χ1n) is 5.67. The van der Waals surface area contributed by atoms with Gasteiger partial charge in [-0.2, -0.15) is 0 Å². The molecule has 2 aromatic heterocycles. The van der Waals surface area contributed by atoms with Gasteiger partial charge in [-0.05, 0) is 24.3 Å². The topological polar surface area (TPSA) is 75.4 Å². The third-order valence-corrected chi connectivity index (χ3v) is 2.51. The Morgan fingerprint density at radius 1 is 1.39 bits per heavy atom. The second-order valence-corrected chi connectivity index (χ2v) is 3.85. The van der Waals surface area contributed by atoms with Gasteiger partial charge in [-0.1, -0.05) is 0 Å². The van der Waals surface area contributed by atoms with E-state index in [0.717, 1.165) is 24.4 Å². The average molecular weight is 246 g/mol. The van der Waals surface area contributed by atoms with E-state index in [1.54, 1.807) is 18.4 Å². The molecule has 0 amide bonds. The highest BCUT2D eigenvalue weighted by molar-refractivity contribution is 5.87. The van der Waals surface area contributed by atoms with Gasteiger partial charge in [-0.3, -0.25) is 4.98 Å². The molecule has 2 rings (SSSR count). The van der Waals surface area contributed by atoms with Crippen molar-refractivity contribution in [1.29, 1.82) is 0 Å². The van der Waals surface area contributed by atoms with E-state index in [1.165, 1.54) is 6.20 Å². The molecule has 0 atom stereocenters. The lowest BCUT2D eigenvalue weighted by atomic mass is 10.2. The van der Waals surface area contributed by atoms with Crippen molar-refractivity contribution in [2.24, 2.45) is 0 Å². The summed E-state index contributed by atoms with van der Waals surface area (Å²) in [7, 11) is 0. The van der Waals surface area contributed by atoms with E-state index in [1.807, 2.05) is 12.1 Å². The van der Waals surface area contributed by atoms with Crippen LogP contribution in [-0.4, -0.2) is 22.6 Å². The van der Waals surface area contributed by atoms with E-state index in [4.69, 9.17) is 9.52 Å². The molecule has 0 radical (unpaired) electrons. The van der Waals surface area contributed by atoms with Gasteiger partial charge >= 0.3 is 5.97 Å². The minimum atomic E-state index is -0.958. The van der Waals surface area contributed by atoms with Crippen LogP contribution >= 0.6 is 0 Å². The zero-order chi connectivity index (χ0) is 12.8. The lowest BCUT2D eigenvalue weighted by molar-refractivity contribution is 0.0696. The summed E-state index contributed by atoms with van der Waals surface area (Å²) in [6, 6.07) is 7.06. The maximum atomic E-state index is 10.6. The van der Waals surface area contributed by atoms with Gasteiger partial charge in [-0.25, -0.2) is 4.79 Å². The molecule has 5 nitrogen and oxygen atoms in total. The molecule has 2 aromatic rings. The van der Waals surface area contributed by atoms with Crippen LogP contribution < -0.4 is 5.32 Å². The van der Waals surface area contributed by atoms with E-state index in [-0.39, 0.29) is 5.56 Å². The molecular weight excluding hydrogens is 232 g/mol. The van der Waals surface area contributed by atoms with Gasteiger partial charge in [0.05, 0.1) is 17.5 Å². The molecule has 0 fully saturated rings. The van der Waals surface area contributed by atoms with E-state index >= 15 is 0 Å². The van der Waals surface area contributed by atoms with Gasteiger partial charge in [0, 0.05) is 25.7 Å². The second-order valence-electron chi connectivity index (χ2n) is 3.85. The van der Waals surface area contributed by atoms with Crippen LogP contribution in [0.25, 0.3) is 0 Å². The number of aromatic nitrogens is 1. The molecule has 0 spiro atoms. The minimum Gasteiger partial charge on any atom is -0.478 e. The van der Waals surface area contributed by atoms with Crippen LogP contribution in [0.2, 0.25) is 0 Å². The summed E-state index contributed by atoms with van der Waals surface area (Å²) in [6.07, 6.45) is 3.84. The van der Waals surface area contributed by atoms with Crippen LogP contribution in [0.5, 0.6) is 0 Å². The fraction of sp³-hybridized carbons (Fsp3) is 0.231.